The molecule has 0 aliphatic heterocycles. The third kappa shape index (κ3) is 4.20. The quantitative estimate of drug-likeness (QED) is 0.274. The molecule has 1 amide bonds. The molecule has 0 aromatic heterocycles. The topological polar surface area (TPSA) is 96.6 Å². The van der Waals surface area contributed by atoms with Crippen molar-refractivity contribution < 1.29 is 14.6 Å². The third-order valence-electron chi connectivity index (χ3n) is 1.80. The maximum atomic E-state index is 11.5. The average Bonchev–Trinajstić information content (AvgIpc) is 2.18. The minimum Gasteiger partial charge on any atom is -0.506 e. The van der Waals surface area contributed by atoms with Crippen LogP contribution in [-0.2, 0) is 4.74 Å². The number of hydrazine groups is 1. The smallest absolute Gasteiger partial charge is 0.412 e. The number of phenols is 1. The number of hydrogen-bond acceptors (Lipinski definition) is 5. The molecule has 17 heavy (non-hydrogen) atoms. The summed E-state index contributed by atoms with van der Waals surface area (Å²) in [5.41, 5.74) is 2.55. The molecule has 5 N–H and O–H groups in total. The van der Waals surface area contributed by atoms with Crippen molar-refractivity contribution >= 4 is 17.5 Å². The van der Waals surface area contributed by atoms with E-state index in [0.717, 1.165) is 0 Å². The number of rotatable bonds is 2. The fraction of sp³-hybridized carbons (Fsp3) is 0.364. The van der Waals surface area contributed by atoms with Gasteiger partial charge in [-0.1, -0.05) is 0 Å². The molecule has 6 nitrogen and oxygen atoms in total. The molecule has 1 aromatic rings. The highest BCUT2D eigenvalue weighted by atomic mass is 16.6. The summed E-state index contributed by atoms with van der Waals surface area (Å²) in [4.78, 5) is 11.5. The van der Waals surface area contributed by atoms with Gasteiger partial charge in [-0.2, -0.15) is 0 Å². The number of phenolic OH excluding ortho intramolecular Hbond substituents is 1. The van der Waals surface area contributed by atoms with Crippen LogP contribution in [0.2, 0.25) is 0 Å². The van der Waals surface area contributed by atoms with E-state index < -0.39 is 11.7 Å². The van der Waals surface area contributed by atoms with Crippen molar-refractivity contribution in [2.45, 2.75) is 26.4 Å². The van der Waals surface area contributed by atoms with E-state index in [2.05, 4.69) is 10.7 Å². The van der Waals surface area contributed by atoms with Crippen molar-refractivity contribution in [3.63, 3.8) is 0 Å². The first-order valence-corrected chi connectivity index (χ1v) is 5.11. The van der Waals surface area contributed by atoms with Crippen LogP contribution in [0.4, 0.5) is 16.2 Å². The molecule has 0 atom stereocenters. The average molecular weight is 239 g/mol. The highest BCUT2D eigenvalue weighted by Crippen LogP contribution is 2.25. The summed E-state index contributed by atoms with van der Waals surface area (Å²) >= 11 is 0. The van der Waals surface area contributed by atoms with E-state index in [0.29, 0.717) is 11.4 Å². The number of ether oxygens (including phenoxy) is 1. The van der Waals surface area contributed by atoms with Gasteiger partial charge in [0.2, 0.25) is 0 Å². The van der Waals surface area contributed by atoms with Gasteiger partial charge in [-0.05, 0) is 39.0 Å². The van der Waals surface area contributed by atoms with E-state index >= 15 is 0 Å². The molecular weight excluding hydrogens is 222 g/mol. The Balaban J connectivity index is 2.72. The van der Waals surface area contributed by atoms with E-state index in [9.17, 15) is 9.90 Å². The Labute approximate surface area is 99.7 Å². The molecule has 94 valence electrons. The zero-order valence-electron chi connectivity index (χ0n) is 10.1. The van der Waals surface area contributed by atoms with Crippen LogP contribution in [0.25, 0.3) is 0 Å². The lowest BCUT2D eigenvalue weighted by Gasteiger charge is -2.19. The monoisotopic (exact) mass is 239 g/mol. The van der Waals surface area contributed by atoms with Gasteiger partial charge >= 0.3 is 6.09 Å². The Morgan fingerprint density at radius 1 is 1.41 bits per heavy atom. The number of nitrogens with two attached hydrogens (primary N) is 1. The zero-order chi connectivity index (χ0) is 13.1. The summed E-state index contributed by atoms with van der Waals surface area (Å²) in [5.74, 6) is 5.20. The van der Waals surface area contributed by atoms with Crippen molar-refractivity contribution in [2.24, 2.45) is 5.84 Å². The predicted molar refractivity (Wildman–Crippen MR) is 65.8 cm³/mol. The number of carbonyl (C=O) groups is 1. The van der Waals surface area contributed by atoms with Gasteiger partial charge in [-0.25, -0.2) is 4.79 Å². The van der Waals surface area contributed by atoms with Gasteiger partial charge in [0.1, 0.15) is 11.4 Å². The van der Waals surface area contributed by atoms with Crippen molar-refractivity contribution in [1.82, 2.24) is 0 Å². The van der Waals surface area contributed by atoms with E-state index in [4.69, 9.17) is 10.6 Å². The van der Waals surface area contributed by atoms with Gasteiger partial charge in [0.05, 0.1) is 5.69 Å². The van der Waals surface area contributed by atoms with Crippen LogP contribution in [0, 0.1) is 0 Å². The first-order valence-electron chi connectivity index (χ1n) is 5.11. The highest BCUT2D eigenvalue weighted by Gasteiger charge is 2.16. The summed E-state index contributed by atoms with van der Waals surface area (Å²) < 4.78 is 5.08. The van der Waals surface area contributed by atoms with Crippen LogP contribution in [0.15, 0.2) is 18.2 Å². The second-order valence-corrected chi connectivity index (χ2v) is 4.50. The second-order valence-electron chi connectivity index (χ2n) is 4.50. The van der Waals surface area contributed by atoms with Crippen molar-refractivity contribution in [3.8, 4) is 5.75 Å². The number of nitrogens with one attached hydrogen (secondary N) is 2. The molecule has 0 aliphatic carbocycles. The van der Waals surface area contributed by atoms with Crippen LogP contribution < -0.4 is 16.6 Å². The van der Waals surface area contributed by atoms with Crippen molar-refractivity contribution in [2.75, 3.05) is 10.7 Å². The summed E-state index contributed by atoms with van der Waals surface area (Å²) in [6.07, 6.45) is -0.564. The maximum absolute atomic E-state index is 11.5. The van der Waals surface area contributed by atoms with E-state index in [1.165, 1.54) is 12.1 Å². The van der Waals surface area contributed by atoms with Gasteiger partial charge in [0, 0.05) is 5.69 Å². The van der Waals surface area contributed by atoms with Gasteiger partial charge in [-0.15, -0.1) is 0 Å². The summed E-state index contributed by atoms with van der Waals surface area (Å²) in [6.45, 7) is 5.32. The summed E-state index contributed by atoms with van der Waals surface area (Å²) in [6, 6.07) is 4.46. The van der Waals surface area contributed by atoms with Crippen LogP contribution in [0.3, 0.4) is 0 Å². The zero-order valence-corrected chi connectivity index (χ0v) is 10.1. The predicted octanol–water partition coefficient (Wildman–Crippen LogP) is 2.02. The van der Waals surface area contributed by atoms with E-state index in [1.54, 1.807) is 26.8 Å². The minimum absolute atomic E-state index is 0.00207. The second kappa shape index (κ2) is 4.92. The van der Waals surface area contributed by atoms with Crippen LogP contribution in [0.1, 0.15) is 20.8 Å². The standard InChI is InChI=1S/C11H17N3O3/c1-11(2,3)17-10(16)13-7-4-5-9(15)8(6-7)14-12/h4-6,14-15H,12H2,1-3H3,(H,13,16). The molecule has 0 unspecified atom stereocenters. The van der Waals surface area contributed by atoms with Gasteiger partial charge < -0.3 is 15.3 Å². The molecule has 1 rings (SSSR count). The molecular formula is C11H17N3O3. The van der Waals surface area contributed by atoms with Crippen molar-refractivity contribution in [1.29, 1.82) is 0 Å². The minimum atomic E-state index is -0.564. The molecule has 0 aliphatic rings. The van der Waals surface area contributed by atoms with Crippen LogP contribution in [0.5, 0.6) is 5.75 Å². The summed E-state index contributed by atoms with van der Waals surface area (Å²) in [7, 11) is 0. The number of carbonyl (C=O) groups excluding carboxylic acids is 1. The first kappa shape index (κ1) is 13.1. The van der Waals surface area contributed by atoms with Gasteiger partial charge in [0.15, 0.2) is 0 Å². The van der Waals surface area contributed by atoms with Crippen molar-refractivity contribution in [3.05, 3.63) is 18.2 Å². The van der Waals surface area contributed by atoms with Gasteiger partial charge in [-0.3, -0.25) is 11.2 Å². The normalized spacial score (nSPS) is 10.8. The van der Waals surface area contributed by atoms with E-state index in [1.807, 2.05) is 0 Å². The largest absolute Gasteiger partial charge is 0.506 e. The number of benzene rings is 1. The molecule has 1 aromatic carbocycles. The molecule has 0 radical (unpaired) electrons. The van der Waals surface area contributed by atoms with Gasteiger partial charge in [0.25, 0.3) is 0 Å². The van der Waals surface area contributed by atoms with Crippen LogP contribution in [-0.4, -0.2) is 16.8 Å². The number of anilines is 2. The molecule has 0 fully saturated rings. The Morgan fingerprint density at radius 2 is 2.06 bits per heavy atom. The molecule has 0 saturated carbocycles. The third-order valence-corrected chi connectivity index (χ3v) is 1.80. The fourth-order valence-electron chi connectivity index (χ4n) is 1.15. The Bertz CT molecular complexity index is 413. The Morgan fingerprint density at radius 3 is 2.59 bits per heavy atom. The van der Waals surface area contributed by atoms with Crippen LogP contribution >= 0.6 is 0 Å². The Kier molecular flexibility index (Phi) is 3.80. The fourth-order valence-corrected chi connectivity index (χ4v) is 1.15. The molecule has 0 bridgehead atoms. The lowest BCUT2D eigenvalue weighted by Crippen LogP contribution is -2.27. The molecule has 0 saturated heterocycles. The van der Waals surface area contributed by atoms with E-state index in [-0.39, 0.29) is 5.75 Å². The Hall–Kier alpha value is -1.95. The number of amides is 1. The number of aromatic hydroxyl groups is 1. The molecule has 0 heterocycles. The maximum Gasteiger partial charge on any atom is 0.412 e. The summed E-state index contributed by atoms with van der Waals surface area (Å²) in [5, 5.41) is 11.9. The number of nitrogen functional groups attached to an aromatic ring is 1. The molecule has 6 heteroatoms. The lowest BCUT2D eigenvalue weighted by atomic mass is 10.2. The first-order chi connectivity index (χ1) is 7.81. The number of hydrogen-bond donors (Lipinski definition) is 4. The highest BCUT2D eigenvalue weighted by molar-refractivity contribution is 5.86. The molecule has 0 spiro atoms. The lowest BCUT2D eigenvalue weighted by molar-refractivity contribution is 0.0636. The SMILES string of the molecule is CC(C)(C)OC(=O)Nc1ccc(O)c(NN)c1.